The van der Waals surface area contributed by atoms with Crippen LogP contribution in [0.4, 0.5) is 5.69 Å². The molecule has 0 radical (unpaired) electrons. The van der Waals surface area contributed by atoms with Gasteiger partial charge in [0.2, 0.25) is 0 Å². The molecule has 1 amide bonds. The first kappa shape index (κ1) is 25.0. The summed E-state index contributed by atoms with van der Waals surface area (Å²) in [6, 6.07) is 20.2. The molecule has 0 aliphatic rings. The van der Waals surface area contributed by atoms with Gasteiger partial charge in [0.1, 0.15) is 11.6 Å². The summed E-state index contributed by atoms with van der Waals surface area (Å²) in [5, 5.41) is 24.7. The first-order chi connectivity index (χ1) is 19.4. The smallest absolute Gasteiger partial charge is 0.251 e. The fourth-order valence-electron chi connectivity index (χ4n) is 4.87. The lowest BCUT2D eigenvalue weighted by Gasteiger charge is -2.14. The molecule has 3 aromatic carbocycles. The van der Waals surface area contributed by atoms with E-state index in [0.717, 1.165) is 50.2 Å². The number of fused-ring (bicyclic) bond motifs is 3. The standard InChI is InChI=1S/C29H27N9O2/c1-38-24-12-16(28(40)33-15-25(39)19-10-11-32-20-5-3-2-4-18(19)20)6-8-22(24)37-27(38)14-26-35-21-9-7-17(34-29(30)31)13-23(21)36-26/h2-13,25,39H,14-15H2,1H3,(H,33,40)(H,35,36)(H4,30,31,34). The number of guanidine groups is 1. The number of rotatable bonds is 7. The molecule has 0 spiro atoms. The Kier molecular flexibility index (Phi) is 6.33. The number of imidazole rings is 2. The van der Waals surface area contributed by atoms with E-state index in [-0.39, 0.29) is 18.4 Å². The van der Waals surface area contributed by atoms with E-state index in [2.05, 4.69) is 25.6 Å². The first-order valence-corrected chi connectivity index (χ1v) is 12.7. The van der Waals surface area contributed by atoms with Gasteiger partial charge in [-0.25, -0.2) is 9.97 Å². The number of nitrogens with zero attached hydrogens (tertiary/aromatic N) is 4. The minimum Gasteiger partial charge on any atom is -0.387 e. The molecular weight excluding hydrogens is 506 g/mol. The van der Waals surface area contributed by atoms with E-state index in [4.69, 9.17) is 16.1 Å². The number of amides is 1. The number of hydrogen-bond acceptors (Lipinski definition) is 6. The highest BCUT2D eigenvalue weighted by Gasteiger charge is 2.16. The Morgan fingerprint density at radius 2 is 1.93 bits per heavy atom. The number of nitrogens with two attached hydrogens (primary N) is 1. The number of H-pyrrole nitrogens is 1. The van der Waals surface area contributed by atoms with Crippen LogP contribution < -0.4 is 16.4 Å². The molecule has 11 heteroatoms. The molecule has 0 fully saturated rings. The lowest BCUT2D eigenvalue weighted by Crippen LogP contribution is -2.28. The quantitative estimate of drug-likeness (QED) is 0.135. The number of pyridine rings is 1. The van der Waals surface area contributed by atoms with Crippen molar-refractivity contribution in [1.29, 1.82) is 5.41 Å². The number of aromatic nitrogens is 5. The van der Waals surface area contributed by atoms with Crippen molar-refractivity contribution in [3.63, 3.8) is 0 Å². The molecule has 1 unspecified atom stereocenters. The van der Waals surface area contributed by atoms with E-state index in [1.165, 1.54) is 0 Å². The highest BCUT2D eigenvalue weighted by molar-refractivity contribution is 5.97. The second kappa shape index (κ2) is 10.1. The summed E-state index contributed by atoms with van der Waals surface area (Å²) in [6.07, 6.45) is 1.25. The number of para-hydroxylation sites is 1. The van der Waals surface area contributed by atoms with Gasteiger partial charge < -0.3 is 31.0 Å². The molecule has 6 aromatic rings. The van der Waals surface area contributed by atoms with Gasteiger partial charge in [-0.3, -0.25) is 15.2 Å². The van der Waals surface area contributed by atoms with E-state index in [0.29, 0.717) is 17.7 Å². The van der Waals surface area contributed by atoms with Gasteiger partial charge in [0.25, 0.3) is 5.91 Å². The third-order valence-corrected chi connectivity index (χ3v) is 6.87. The molecule has 3 heterocycles. The van der Waals surface area contributed by atoms with Gasteiger partial charge in [-0.15, -0.1) is 0 Å². The number of benzene rings is 3. The summed E-state index contributed by atoms with van der Waals surface area (Å²) < 4.78 is 1.94. The normalized spacial score (nSPS) is 12.2. The van der Waals surface area contributed by atoms with Crippen LogP contribution in [0, 0.1) is 5.41 Å². The molecular formula is C29H27N9O2. The lowest BCUT2D eigenvalue weighted by atomic mass is 10.0. The minimum atomic E-state index is -0.873. The van der Waals surface area contributed by atoms with Crippen molar-refractivity contribution in [3.05, 3.63) is 95.7 Å². The highest BCUT2D eigenvalue weighted by Crippen LogP contribution is 2.23. The number of aliphatic hydroxyl groups excluding tert-OH is 1. The summed E-state index contributed by atoms with van der Waals surface area (Å²) >= 11 is 0. The SMILES string of the molecule is Cn1c(Cc2nc3cc(NC(=N)N)ccc3[nH]2)nc2ccc(C(=O)NCC(O)c3ccnc4ccccc34)cc21. The molecule has 6 rings (SSSR count). The number of hydrogen-bond donors (Lipinski definition) is 6. The zero-order valence-corrected chi connectivity index (χ0v) is 21.6. The second-order valence-electron chi connectivity index (χ2n) is 9.56. The molecule has 200 valence electrons. The monoisotopic (exact) mass is 533 g/mol. The van der Waals surface area contributed by atoms with Crippen molar-refractivity contribution in [3.8, 4) is 0 Å². The lowest BCUT2D eigenvalue weighted by molar-refractivity contribution is 0.0917. The number of carbonyl (C=O) groups is 1. The van der Waals surface area contributed by atoms with Crippen LogP contribution in [0.2, 0.25) is 0 Å². The van der Waals surface area contributed by atoms with Crippen LogP contribution >= 0.6 is 0 Å². The number of carbonyl (C=O) groups excluding carboxylic acids is 1. The summed E-state index contributed by atoms with van der Waals surface area (Å²) in [5.41, 5.74) is 11.3. The van der Waals surface area contributed by atoms with Crippen molar-refractivity contribution in [2.45, 2.75) is 12.5 Å². The van der Waals surface area contributed by atoms with Gasteiger partial charge in [0, 0.05) is 36.4 Å². The number of aromatic amines is 1. The topological polar surface area (TPSA) is 171 Å². The van der Waals surface area contributed by atoms with Gasteiger partial charge in [-0.05, 0) is 54.1 Å². The number of aryl methyl sites for hydroxylation is 1. The molecule has 11 nitrogen and oxygen atoms in total. The second-order valence-corrected chi connectivity index (χ2v) is 9.56. The predicted molar refractivity (Wildman–Crippen MR) is 154 cm³/mol. The Morgan fingerprint density at radius 1 is 1.07 bits per heavy atom. The fourth-order valence-corrected chi connectivity index (χ4v) is 4.87. The average molecular weight is 534 g/mol. The maximum absolute atomic E-state index is 13.0. The zero-order chi connectivity index (χ0) is 27.8. The number of aliphatic hydroxyl groups is 1. The van der Waals surface area contributed by atoms with E-state index < -0.39 is 6.10 Å². The van der Waals surface area contributed by atoms with Gasteiger partial charge >= 0.3 is 0 Å². The first-order valence-electron chi connectivity index (χ1n) is 12.7. The summed E-state index contributed by atoms with van der Waals surface area (Å²) in [4.78, 5) is 30.0. The molecule has 0 bridgehead atoms. The van der Waals surface area contributed by atoms with Crippen LogP contribution in [-0.2, 0) is 13.5 Å². The number of anilines is 1. The third-order valence-electron chi connectivity index (χ3n) is 6.87. The molecule has 40 heavy (non-hydrogen) atoms. The fraction of sp³-hybridized carbons (Fsp3) is 0.138. The van der Waals surface area contributed by atoms with E-state index in [1.54, 1.807) is 24.4 Å². The summed E-state index contributed by atoms with van der Waals surface area (Å²) in [7, 11) is 1.90. The largest absolute Gasteiger partial charge is 0.387 e. The molecule has 7 N–H and O–H groups in total. The number of nitrogens with one attached hydrogen (secondary N) is 4. The van der Waals surface area contributed by atoms with Crippen molar-refractivity contribution >= 4 is 50.5 Å². The predicted octanol–water partition coefficient (Wildman–Crippen LogP) is 3.36. The van der Waals surface area contributed by atoms with E-state index in [9.17, 15) is 9.90 Å². The van der Waals surface area contributed by atoms with Crippen LogP contribution in [0.1, 0.15) is 33.7 Å². The minimum absolute atomic E-state index is 0.0667. The van der Waals surface area contributed by atoms with Crippen molar-refractivity contribution < 1.29 is 9.90 Å². The zero-order valence-electron chi connectivity index (χ0n) is 21.6. The third kappa shape index (κ3) is 4.81. The average Bonchev–Trinajstić information content (AvgIpc) is 3.50. The van der Waals surface area contributed by atoms with E-state index >= 15 is 0 Å². The molecule has 0 saturated carbocycles. The molecule has 1 atom stereocenters. The Hall–Kier alpha value is -5.29. The Balaban J connectivity index is 1.18. The Morgan fingerprint density at radius 3 is 2.77 bits per heavy atom. The van der Waals surface area contributed by atoms with Crippen molar-refractivity contribution in [2.75, 3.05) is 11.9 Å². The van der Waals surface area contributed by atoms with E-state index in [1.807, 2.05) is 60.1 Å². The molecule has 0 aliphatic heterocycles. The van der Waals surface area contributed by atoms with Gasteiger partial charge in [-0.2, -0.15) is 0 Å². The van der Waals surface area contributed by atoms with Gasteiger partial charge in [-0.1, -0.05) is 18.2 Å². The molecule has 0 aliphatic carbocycles. The van der Waals surface area contributed by atoms with Gasteiger partial charge in [0.05, 0.1) is 40.1 Å². The van der Waals surface area contributed by atoms with Crippen LogP contribution in [0.3, 0.4) is 0 Å². The maximum atomic E-state index is 13.0. The van der Waals surface area contributed by atoms with Crippen LogP contribution in [0.15, 0.2) is 72.9 Å². The maximum Gasteiger partial charge on any atom is 0.251 e. The van der Waals surface area contributed by atoms with Crippen LogP contribution in [-0.4, -0.2) is 48.0 Å². The Bertz CT molecular complexity index is 1900. The van der Waals surface area contributed by atoms with Crippen molar-refractivity contribution in [1.82, 2.24) is 29.8 Å². The molecule has 3 aromatic heterocycles. The van der Waals surface area contributed by atoms with Crippen molar-refractivity contribution in [2.24, 2.45) is 12.8 Å². The summed E-state index contributed by atoms with van der Waals surface area (Å²) in [6.45, 7) is 0.0667. The Labute approximate surface area is 228 Å². The summed E-state index contributed by atoms with van der Waals surface area (Å²) in [5.74, 6) is 1.10. The highest BCUT2D eigenvalue weighted by atomic mass is 16.3. The van der Waals surface area contributed by atoms with Crippen LogP contribution in [0.5, 0.6) is 0 Å². The van der Waals surface area contributed by atoms with Gasteiger partial charge in [0.15, 0.2) is 5.96 Å². The molecule has 0 saturated heterocycles. The van der Waals surface area contributed by atoms with Crippen LogP contribution in [0.25, 0.3) is 33.0 Å².